The van der Waals surface area contributed by atoms with Crippen LogP contribution in [0.15, 0.2) is 30.3 Å². The van der Waals surface area contributed by atoms with Gasteiger partial charge in [0.25, 0.3) is 0 Å². The smallest absolute Gasteiger partial charge is 0.337 e. The van der Waals surface area contributed by atoms with Crippen molar-refractivity contribution < 1.29 is 9.53 Å². The van der Waals surface area contributed by atoms with Gasteiger partial charge in [-0.25, -0.2) is 4.79 Å². The maximum atomic E-state index is 10.8. The minimum atomic E-state index is -0.291. The van der Waals surface area contributed by atoms with Gasteiger partial charge in [-0.2, -0.15) is 0 Å². The first-order valence-corrected chi connectivity index (χ1v) is 2.98. The maximum Gasteiger partial charge on any atom is 0.337 e. The Morgan fingerprint density at radius 3 is 2.27 bits per heavy atom. The number of benzene rings is 1. The van der Waals surface area contributed by atoms with Crippen molar-refractivity contribution in [2.24, 2.45) is 0 Å². The summed E-state index contributed by atoms with van der Waals surface area (Å²) in [6, 6.07) is 8.88. The Kier molecular flexibility index (Phi) is 5.20. The fourth-order valence-corrected chi connectivity index (χ4v) is 0.692. The van der Waals surface area contributed by atoms with Gasteiger partial charge in [0.05, 0.1) is 12.7 Å². The van der Waals surface area contributed by atoms with Crippen molar-refractivity contribution in [3.8, 4) is 0 Å². The molecule has 0 spiro atoms. The van der Waals surface area contributed by atoms with Gasteiger partial charge in [-0.05, 0) is 12.1 Å². The Hall–Kier alpha value is -0.310. The first-order valence-electron chi connectivity index (χ1n) is 2.98. The summed E-state index contributed by atoms with van der Waals surface area (Å²) in [5, 5.41) is 0. The summed E-state index contributed by atoms with van der Waals surface area (Å²) in [5.74, 6) is -0.291. The van der Waals surface area contributed by atoms with Crippen molar-refractivity contribution in [3.63, 3.8) is 0 Å². The van der Waals surface area contributed by atoms with Crippen molar-refractivity contribution in [2.75, 3.05) is 7.11 Å². The van der Waals surface area contributed by atoms with E-state index in [1.54, 1.807) is 24.3 Å². The molecule has 0 bridgehead atoms. The summed E-state index contributed by atoms with van der Waals surface area (Å²) in [5.41, 5.74) is 0.588. The van der Waals surface area contributed by atoms with Gasteiger partial charge in [0, 0.05) is 29.6 Å². The van der Waals surface area contributed by atoms with E-state index in [4.69, 9.17) is 0 Å². The second kappa shape index (κ2) is 5.35. The van der Waals surface area contributed by atoms with Crippen LogP contribution in [0.1, 0.15) is 10.4 Å². The number of methoxy groups -OCH3 is 1. The molecular weight excluding hydrogens is 151 g/mol. The molecule has 0 aliphatic rings. The fraction of sp³-hybridized carbons (Fsp3) is 0.125. The second-order valence-corrected chi connectivity index (χ2v) is 1.86. The standard InChI is InChI=1S/C8H8O2.Na/c1-10-8(9)7-5-3-2-4-6-7;/h2-6H,1H3;. The normalized spacial score (nSPS) is 8.09. The van der Waals surface area contributed by atoms with Gasteiger partial charge in [0.2, 0.25) is 0 Å². The molecule has 2 nitrogen and oxygen atoms in total. The van der Waals surface area contributed by atoms with Crippen LogP contribution in [0.25, 0.3) is 0 Å². The van der Waals surface area contributed by atoms with Crippen LogP contribution in [0, 0.1) is 0 Å². The molecule has 1 radical (unpaired) electrons. The van der Waals surface area contributed by atoms with Crippen LogP contribution in [-0.4, -0.2) is 42.6 Å². The number of hydrogen-bond donors (Lipinski definition) is 0. The third-order valence-electron chi connectivity index (χ3n) is 1.19. The zero-order valence-corrected chi connectivity index (χ0v) is 8.70. The van der Waals surface area contributed by atoms with Crippen molar-refractivity contribution in [2.45, 2.75) is 0 Å². The molecule has 0 aromatic heterocycles. The fourth-order valence-electron chi connectivity index (χ4n) is 0.692. The van der Waals surface area contributed by atoms with E-state index in [2.05, 4.69) is 4.74 Å². The van der Waals surface area contributed by atoms with Crippen LogP contribution in [0.4, 0.5) is 0 Å². The number of esters is 1. The molecule has 0 saturated heterocycles. The molecule has 1 rings (SSSR count). The van der Waals surface area contributed by atoms with Gasteiger partial charge in [0.1, 0.15) is 0 Å². The molecule has 1 aromatic rings. The molecule has 0 aliphatic carbocycles. The molecule has 0 saturated carbocycles. The molecular formula is C8H8NaO2. The molecule has 0 amide bonds. The Bertz CT molecular complexity index is 221. The van der Waals surface area contributed by atoms with E-state index in [-0.39, 0.29) is 35.5 Å². The number of hydrogen-bond acceptors (Lipinski definition) is 2. The average molecular weight is 159 g/mol. The maximum absolute atomic E-state index is 10.8. The summed E-state index contributed by atoms with van der Waals surface area (Å²) in [4.78, 5) is 10.8. The van der Waals surface area contributed by atoms with E-state index < -0.39 is 0 Å². The number of rotatable bonds is 1. The van der Waals surface area contributed by atoms with Gasteiger partial charge in [-0.15, -0.1) is 0 Å². The molecule has 0 atom stereocenters. The van der Waals surface area contributed by atoms with Crippen molar-refractivity contribution in [3.05, 3.63) is 35.9 Å². The Morgan fingerprint density at radius 2 is 1.82 bits per heavy atom. The summed E-state index contributed by atoms with van der Waals surface area (Å²) < 4.78 is 4.50. The molecule has 0 heterocycles. The molecule has 0 fully saturated rings. The summed E-state index contributed by atoms with van der Waals surface area (Å²) in [7, 11) is 1.37. The molecule has 0 aliphatic heterocycles. The van der Waals surface area contributed by atoms with Gasteiger partial charge in [-0.3, -0.25) is 0 Å². The summed E-state index contributed by atoms with van der Waals surface area (Å²) in [6.45, 7) is 0. The minimum absolute atomic E-state index is 0. The van der Waals surface area contributed by atoms with E-state index in [0.29, 0.717) is 5.56 Å². The van der Waals surface area contributed by atoms with Crippen LogP contribution < -0.4 is 0 Å². The molecule has 1 aromatic carbocycles. The SMILES string of the molecule is COC(=O)c1ccccc1.[Na]. The van der Waals surface area contributed by atoms with Gasteiger partial charge >= 0.3 is 5.97 Å². The van der Waals surface area contributed by atoms with E-state index >= 15 is 0 Å². The Morgan fingerprint density at radius 1 is 1.27 bits per heavy atom. The Balaban J connectivity index is 0.000001000. The van der Waals surface area contributed by atoms with Crippen molar-refractivity contribution >= 4 is 35.5 Å². The van der Waals surface area contributed by atoms with Crippen LogP contribution in [0.2, 0.25) is 0 Å². The predicted octanol–water partition coefficient (Wildman–Crippen LogP) is 1.09. The minimum Gasteiger partial charge on any atom is -0.465 e. The van der Waals surface area contributed by atoms with Gasteiger partial charge in [-0.1, -0.05) is 18.2 Å². The topological polar surface area (TPSA) is 26.3 Å². The largest absolute Gasteiger partial charge is 0.465 e. The van der Waals surface area contributed by atoms with E-state index in [1.807, 2.05) is 6.07 Å². The third kappa shape index (κ3) is 3.06. The average Bonchev–Trinajstić information content (AvgIpc) is 2.05. The predicted molar refractivity (Wildman–Crippen MR) is 43.5 cm³/mol. The third-order valence-corrected chi connectivity index (χ3v) is 1.19. The van der Waals surface area contributed by atoms with Crippen molar-refractivity contribution in [1.29, 1.82) is 0 Å². The molecule has 0 N–H and O–H groups in total. The van der Waals surface area contributed by atoms with E-state index in [9.17, 15) is 4.79 Å². The monoisotopic (exact) mass is 159 g/mol. The van der Waals surface area contributed by atoms with E-state index in [0.717, 1.165) is 0 Å². The van der Waals surface area contributed by atoms with Crippen LogP contribution in [0.3, 0.4) is 0 Å². The van der Waals surface area contributed by atoms with E-state index in [1.165, 1.54) is 7.11 Å². The van der Waals surface area contributed by atoms with Gasteiger partial charge < -0.3 is 4.74 Å². The van der Waals surface area contributed by atoms with Gasteiger partial charge in [0.15, 0.2) is 0 Å². The second-order valence-electron chi connectivity index (χ2n) is 1.86. The van der Waals surface area contributed by atoms with Crippen LogP contribution in [-0.2, 0) is 4.74 Å². The summed E-state index contributed by atoms with van der Waals surface area (Å²) >= 11 is 0. The number of ether oxygens (including phenoxy) is 1. The quantitative estimate of drug-likeness (QED) is 0.453. The zero-order chi connectivity index (χ0) is 7.40. The first kappa shape index (κ1) is 10.7. The molecule has 53 valence electrons. The molecule has 0 unspecified atom stereocenters. The summed E-state index contributed by atoms with van der Waals surface area (Å²) in [6.07, 6.45) is 0. The van der Waals surface area contributed by atoms with Crippen LogP contribution in [0.5, 0.6) is 0 Å². The zero-order valence-electron chi connectivity index (χ0n) is 6.70. The molecule has 11 heavy (non-hydrogen) atoms. The number of carbonyl (C=O) groups excluding carboxylic acids is 1. The Labute approximate surface area is 87.8 Å². The molecule has 3 heteroatoms. The first-order chi connectivity index (χ1) is 4.84. The number of carbonyl (C=O) groups is 1. The van der Waals surface area contributed by atoms with Crippen molar-refractivity contribution in [1.82, 2.24) is 0 Å². The van der Waals surface area contributed by atoms with Crippen LogP contribution >= 0.6 is 0 Å².